The highest BCUT2D eigenvalue weighted by Crippen LogP contribution is 2.28. The first-order valence-electron chi connectivity index (χ1n) is 9.65. The number of hydrogen-bond donors (Lipinski definition) is 1. The molecule has 0 bridgehead atoms. The molecule has 0 unspecified atom stereocenters. The summed E-state index contributed by atoms with van der Waals surface area (Å²) in [6.07, 6.45) is 3.27. The zero-order chi connectivity index (χ0) is 21.4. The van der Waals surface area contributed by atoms with Crippen molar-refractivity contribution in [1.29, 1.82) is 0 Å². The first-order valence-corrected chi connectivity index (χ1v) is 9.65. The molecule has 0 aliphatic rings. The highest BCUT2D eigenvalue weighted by atomic mass is 16.5. The monoisotopic (exact) mass is 395 g/mol. The van der Waals surface area contributed by atoms with Crippen molar-refractivity contribution in [3.63, 3.8) is 0 Å². The Bertz CT molecular complexity index is 877. The molecular formula is C24H29NO4. The van der Waals surface area contributed by atoms with E-state index in [0.717, 1.165) is 5.56 Å². The van der Waals surface area contributed by atoms with Gasteiger partial charge >= 0.3 is 0 Å². The number of allylic oxidation sites excluding steroid dienone is 1. The highest BCUT2D eigenvalue weighted by molar-refractivity contribution is 6.06. The van der Waals surface area contributed by atoms with Crippen LogP contribution in [0, 0.1) is 0 Å². The minimum atomic E-state index is -0.193. The van der Waals surface area contributed by atoms with Crippen LogP contribution in [0.3, 0.4) is 0 Å². The number of carbonyl (C=O) groups excluding carboxylic acids is 2. The average Bonchev–Trinajstić information content (AvgIpc) is 2.70. The van der Waals surface area contributed by atoms with Gasteiger partial charge in [-0.3, -0.25) is 9.59 Å². The van der Waals surface area contributed by atoms with Crippen LogP contribution in [0.15, 0.2) is 48.5 Å². The quantitative estimate of drug-likeness (QED) is 0.531. The second-order valence-corrected chi connectivity index (χ2v) is 7.68. The Balaban J connectivity index is 2.07. The summed E-state index contributed by atoms with van der Waals surface area (Å²) in [5, 5.41) is 2.67. The van der Waals surface area contributed by atoms with E-state index in [9.17, 15) is 9.59 Å². The number of methoxy groups -OCH3 is 1. The molecule has 2 aromatic carbocycles. The predicted octanol–water partition coefficient (Wildman–Crippen LogP) is 4.40. The van der Waals surface area contributed by atoms with Crippen LogP contribution in [0.5, 0.6) is 11.5 Å². The van der Waals surface area contributed by atoms with Gasteiger partial charge in [0.25, 0.3) is 5.91 Å². The molecule has 0 aliphatic carbocycles. The molecule has 0 spiro atoms. The van der Waals surface area contributed by atoms with E-state index >= 15 is 0 Å². The molecule has 2 rings (SSSR count). The zero-order valence-electron chi connectivity index (χ0n) is 17.7. The molecule has 0 aliphatic heterocycles. The lowest BCUT2D eigenvalue weighted by Gasteiger charge is -2.18. The summed E-state index contributed by atoms with van der Waals surface area (Å²) in [4.78, 5) is 24.0. The zero-order valence-corrected chi connectivity index (χ0v) is 17.7. The van der Waals surface area contributed by atoms with Crippen LogP contribution in [0.4, 0.5) is 0 Å². The fraction of sp³-hybridized carbons (Fsp3) is 0.333. The molecular weight excluding hydrogens is 366 g/mol. The van der Waals surface area contributed by atoms with Crippen LogP contribution in [0.1, 0.15) is 49.2 Å². The van der Waals surface area contributed by atoms with Crippen LogP contribution in [0.25, 0.3) is 6.08 Å². The average molecular weight is 395 g/mol. The van der Waals surface area contributed by atoms with Gasteiger partial charge in [-0.25, -0.2) is 0 Å². The minimum absolute atomic E-state index is 0.0506. The Morgan fingerprint density at radius 3 is 2.31 bits per heavy atom. The van der Waals surface area contributed by atoms with Gasteiger partial charge in [-0.2, -0.15) is 0 Å². The Morgan fingerprint density at radius 2 is 1.72 bits per heavy atom. The molecule has 5 heteroatoms. The van der Waals surface area contributed by atoms with Gasteiger partial charge < -0.3 is 14.8 Å². The molecule has 5 nitrogen and oxygen atoms in total. The van der Waals surface area contributed by atoms with Crippen molar-refractivity contribution in [2.24, 2.45) is 0 Å². The second-order valence-electron chi connectivity index (χ2n) is 7.68. The summed E-state index contributed by atoms with van der Waals surface area (Å²) in [5.74, 6) is 0.709. The van der Waals surface area contributed by atoms with Crippen LogP contribution >= 0.6 is 0 Å². The van der Waals surface area contributed by atoms with Crippen molar-refractivity contribution in [2.75, 3.05) is 20.3 Å². The first-order chi connectivity index (χ1) is 13.7. The number of carbonyl (C=O) groups is 2. The van der Waals surface area contributed by atoms with Crippen LogP contribution in [0.2, 0.25) is 0 Å². The number of amides is 1. The van der Waals surface area contributed by atoms with Crippen molar-refractivity contribution in [1.82, 2.24) is 5.32 Å². The highest BCUT2D eigenvalue weighted by Gasteiger charge is 2.13. The van der Waals surface area contributed by atoms with E-state index in [1.54, 1.807) is 18.2 Å². The summed E-state index contributed by atoms with van der Waals surface area (Å²) < 4.78 is 10.8. The molecule has 0 radical (unpaired) electrons. The molecule has 154 valence electrons. The summed E-state index contributed by atoms with van der Waals surface area (Å²) in [6.45, 7) is 8.74. The lowest BCUT2D eigenvalue weighted by atomic mass is 9.86. The van der Waals surface area contributed by atoms with E-state index in [1.165, 1.54) is 18.7 Å². The fourth-order valence-electron chi connectivity index (χ4n) is 2.70. The van der Waals surface area contributed by atoms with Crippen LogP contribution < -0.4 is 14.8 Å². The van der Waals surface area contributed by atoms with Crippen molar-refractivity contribution in [3.8, 4) is 11.5 Å². The number of likely N-dealkylation sites (N-methyl/N-ethyl adjacent to an activating group) is 1. The summed E-state index contributed by atoms with van der Waals surface area (Å²) in [5.41, 5.74) is 2.68. The maximum atomic E-state index is 12.5. The maximum absolute atomic E-state index is 12.5. The lowest BCUT2D eigenvalue weighted by Crippen LogP contribution is -2.28. The molecule has 1 N–H and O–H groups in total. The van der Waals surface area contributed by atoms with Gasteiger partial charge in [-0.05, 0) is 41.7 Å². The summed E-state index contributed by atoms with van der Waals surface area (Å²) in [7, 11) is 1.53. The second kappa shape index (κ2) is 9.92. The van der Waals surface area contributed by atoms with Crippen molar-refractivity contribution in [2.45, 2.75) is 33.1 Å². The number of ketones is 1. The Labute approximate surface area is 172 Å². The van der Waals surface area contributed by atoms with E-state index in [-0.39, 0.29) is 23.7 Å². The summed E-state index contributed by atoms with van der Waals surface area (Å²) >= 11 is 0. The van der Waals surface area contributed by atoms with E-state index in [4.69, 9.17) is 9.47 Å². The van der Waals surface area contributed by atoms with Gasteiger partial charge in [-0.15, -0.1) is 0 Å². The normalized spacial score (nSPS) is 11.3. The van der Waals surface area contributed by atoms with Gasteiger partial charge in [0.1, 0.15) is 0 Å². The Morgan fingerprint density at radius 1 is 1.03 bits per heavy atom. The third kappa shape index (κ3) is 6.49. The Hall–Kier alpha value is -3.08. The Kier molecular flexibility index (Phi) is 7.59. The van der Waals surface area contributed by atoms with E-state index < -0.39 is 0 Å². The van der Waals surface area contributed by atoms with Gasteiger partial charge in [0, 0.05) is 12.1 Å². The molecule has 29 heavy (non-hydrogen) atoms. The number of nitrogens with one attached hydrogen (secondary N) is 1. The van der Waals surface area contributed by atoms with Gasteiger partial charge in [0.15, 0.2) is 23.9 Å². The smallest absolute Gasteiger partial charge is 0.257 e. The molecule has 0 aromatic heterocycles. The van der Waals surface area contributed by atoms with Crippen LogP contribution in [-0.2, 0) is 10.2 Å². The van der Waals surface area contributed by atoms with Gasteiger partial charge in [0.05, 0.1) is 7.11 Å². The van der Waals surface area contributed by atoms with E-state index in [2.05, 4.69) is 26.1 Å². The fourth-order valence-corrected chi connectivity index (χ4v) is 2.70. The van der Waals surface area contributed by atoms with Gasteiger partial charge in [-0.1, -0.05) is 57.2 Å². The lowest BCUT2D eigenvalue weighted by molar-refractivity contribution is -0.123. The number of hydrogen-bond acceptors (Lipinski definition) is 4. The third-order valence-corrected chi connectivity index (χ3v) is 4.38. The minimum Gasteiger partial charge on any atom is -0.493 e. The molecule has 0 saturated heterocycles. The molecule has 1 amide bonds. The van der Waals surface area contributed by atoms with E-state index in [0.29, 0.717) is 23.6 Å². The first kappa shape index (κ1) is 22.2. The number of rotatable bonds is 8. The molecule has 0 saturated carbocycles. The largest absolute Gasteiger partial charge is 0.493 e. The standard InChI is InChI=1S/C24H29NO4/c1-6-25-23(27)16-29-21-14-8-17(15-22(21)28-5)7-13-20(26)18-9-11-19(12-10-18)24(2,3)4/h7-15H,6,16H2,1-5H3,(H,25,27)/b13-7+. The van der Waals surface area contributed by atoms with Crippen LogP contribution in [-0.4, -0.2) is 32.0 Å². The van der Waals surface area contributed by atoms with E-state index in [1.807, 2.05) is 37.3 Å². The topological polar surface area (TPSA) is 64.6 Å². The number of ether oxygens (including phenoxy) is 2. The van der Waals surface area contributed by atoms with Crippen molar-refractivity contribution >= 4 is 17.8 Å². The molecule has 2 aromatic rings. The summed E-state index contributed by atoms with van der Waals surface area (Å²) in [6, 6.07) is 13.0. The van der Waals surface area contributed by atoms with Gasteiger partial charge in [0.2, 0.25) is 0 Å². The van der Waals surface area contributed by atoms with Crippen molar-refractivity contribution < 1.29 is 19.1 Å². The molecule has 0 heterocycles. The third-order valence-electron chi connectivity index (χ3n) is 4.38. The van der Waals surface area contributed by atoms with Crippen molar-refractivity contribution in [3.05, 3.63) is 65.2 Å². The predicted molar refractivity (Wildman–Crippen MR) is 116 cm³/mol. The maximum Gasteiger partial charge on any atom is 0.257 e. The molecule has 0 atom stereocenters. The molecule has 0 fully saturated rings. The number of benzene rings is 2. The SMILES string of the molecule is CCNC(=O)COc1ccc(/C=C/C(=O)c2ccc(C(C)(C)C)cc2)cc1OC.